The van der Waals surface area contributed by atoms with Crippen LogP contribution in [0.15, 0.2) is 30.3 Å². The van der Waals surface area contributed by atoms with Gasteiger partial charge in [0, 0.05) is 11.5 Å². The third kappa shape index (κ3) is 12.8. The lowest BCUT2D eigenvalue weighted by molar-refractivity contribution is -0.159. The summed E-state index contributed by atoms with van der Waals surface area (Å²) in [7, 11) is 0. The number of benzene rings is 1. The fraction of sp³-hybridized carbons (Fsp3) is 0.655. The van der Waals surface area contributed by atoms with Gasteiger partial charge in [-0.15, -0.1) is 0 Å². The Hall–Kier alpha value is -2.30. The minimum Gasteiger partial charge on any atom is -0.494 e. The third-order valence-electron chi connectivity index (χ3n) is 5.94. The van der Waals surface area contributed by atoms with E-state index in [0.29, 0.717) is 6.42 Å². The Morgan fingerprint density at radius 1 is 0.824 bits per heavy atom. The molecular formula is C29H46O5. The smallest absolute Gasteiger partial charge is 0.330 e. The molecule has 192 valence electrons. The first kappa shape index (κ1) is 29.7. The Morgan fingerprint density at radius 2 is 1.41 bits per heavy atom. The first-order chi connectivity index (χ1) is 16.1. The van der Waals surface area contributed by atoms with Crippen molar-refractivity contribution in [1.82, 2.24) is 0 Å². The number of hydrogen-bond acceptors (Lipinski definition) is 5. The molecule has 5 heteroatoms. The maximum absolute atomic E-state index is 12.1. The predicted molar refractivity (Wildman–Crippen MR) is 139 cm³/mol. The molecule has 1 rings (SSSR count). The van der Waals surface area contributed by atoms with Gasteiger partial charge in [-0.3, -0.25) is 4.79 Å². The Balaban J connectivity index is 2.32. The molecule has 0 saturated heterocycles. The van der Waals surface area contributed by atoms with Gasteiger partial charge in [-0.2, -0.15) is 0 Å². The quantitative estimate of drug-likeness (QED) is 0.134. The van der Waals surface area contributed by atoms with Crippen molar-refractivity contribution in [3.05, 3.63) is 35.9 Å². The van der Waals surface area contributed by atoms with Gasteiger partial charge in [0.1, 0.15) is 5.75 Å². The number of rotatable bonds is 17. The lowest BCUT2D eigenvalue weighted by atomic mass is 9.90. The monoisotopic (exact) mass is 474 g/mol. The van der Waals surface area contributed by atoms with E-state index in [0.717, 1.165) is 24.3 Å². The second-order valence-electron chi connectivity index (χ2n) is 10.5. The summed E-state index contributed by atoms with van der Waals surface area (Å²) in [4.78, 5) is 24.3. The van der Waals surface area contributed by atoms with Crippen LogP contribution in [-0.4, -0.2) is 31.8 Å². The minimum absolute atomic E-state index is 0.168. The zero-order valence-corrected chi connectivity index (χ0v) is 22.3. The highest BCUT2D eigenvalue weighted by Gasteiger charge is 2.30. The minimum atomic E-state index is -0.510. The number of carbonyl (C=O) groups is 2. The molecule has 0 amide bonds. The first-order valence-electron chi connectivity index (χ1n) is 12.8. The summed E-state index contributed by atoms with van der Waals surface area (Å²) in [5.41, 5.74) is -0.0724. The average Bonchev–Trinajstić information content (AvgIpc) is 2.82. The topological polar surface area (TPSA) is 61.8 Å². The SMILES string of the molecule is CCCCCCCCCOc1ccc(/C=C/C(=O)OCC(C)(C)COC(=O)C(C)(C)CC)cc1. The normalized spacial score (nSPS) is 12.1. The van der Waals surface area contributed by atoms with Crippen molar-refractivity contribution in [2.24, 2.45) is 10.8 Å². The molecule has 0 spiro atoms. The van der Waals surface area contributed by atoms with Crippen LogP contribution in [0.5, 0.6) is 5.75 Å². The Bertz CT molecular complexity index is 746. The standard InChI is InChI=1S/C29H46O5/c1-7-9-10-11-12-13-14-21-32-25-18-15-24(16-19-25)17-20-26(30)33-22-28(3,4)23-34-27(31)29(5,6)8-2/h15-20H,7-14,21-23H2,1-6H3/b20-17+. The fourth-order valence-electron chi connectivity index (χ4n) is 3.05. The van der Waals surface area contributed by atoms with Crippen molar-refractivity contribution >= 4 is 18.0 Å². The van der Waals surface area contributed by atoms with Gasteiger partial charge >= 0.3 is 11.9 Å². The summed E-state index contributed by atoms with van der Waals surface area (Å²) in [5, 5.41) is 0. The first-order valence-corrected chi connectivity index (χ1v) is 12.8. The molecule has 5 nitrogen and oxygen atoms in total. The highest BCUT2D eigenvalue weighted by Crippen LogP contribution is 2.24. The van der Waals surface area contributed by atoms with Crippen molar-refractivity contribution in [1.29, 1.82) is 0 Å². The van der Waals surface area contributed by atoms with E-state index in [1.54, 1.807) is 6.08 Å². The average molecular weight is 475 g/mol. The highest BCUT2D eigenvalue weighted by molar-refractivity contribution is 5.87. The molecule has 0 saturated carbocycles. The number of esters is 2. The maximum atomic E-state index is 12.1. The molecule has 0 bridgehead atoms. The number of carbonyl (C=O) groups excluding carboxylic acids is 2. The molecule has 0 heterocycles. The van der Waals surface area contributed by atoms with Gasteiger partial charge in [0.15, 0.2) is 0 Å². The Morgan fingerprint density at radius 3 is 2.03 bits per heavy atom. The van der Waals surface area contributed by atoms with Crippen LogP contribution in [0.25, 0.3) is 6.08 Å². The summed E-state index contributed by atoms with van der Waals surface area (Å²) in [5.74, 6) is 0.185. The summed E-state index contributed by atoms with van der Waals surface area (Å²) < 4.78 is 16.6. The molecule has 0 fully saturated rings. The Labute approximate surface area is 207 Å². The van der Waals surface area contributed by atoms with Crippen LogP contribution in [0.2, 0.25) is 0 Å². The fourth-order valence-corrected chi connectivity index (χ4v) is 3.05. The Kier molecular flexibility index (Phi) is 13.6. The van der Waals surface area contributed by atoms with E-state index in [1.165, 1.54) is 44.6 Å². The molecule has 0 aliphatic carbocycles. The lowest BCUT2D eigenvalue weighted by Gasteiger charge is -2.27. The summed E-state index contributed by atoms with van der Waals surface area (Å²) in [6.07, 6.45) is 12.7. The molecule has 1 aromatic carbocycles. The second kappa shape index (κ2) is 15.6. The molecule has 0 aromatic heterocycles. The van der Waals surface area contributed by atoms with Crippen LogP contribution in [0.3, 0.4) is 0 Å². The molecule has 0 radical (unpaired) electrons. The molecule has 0 unspecified atom stereocenters. The zero-order chi connectivity index (χ0) is 25.5. The molecule has 0 atom stereocenters. The summed E-state index contributed by atoms with van der Waals surface area (Å²) in [6.45, 7) is 12.8. The second-order valence-corrected chi connectivity index (χ2v) is 10.5. The van der Waals surface area contributed by atoms with Crippen LogP contribution < -0.4 is 4.74 Å². The van der Waals surface area contributed by atoms with E-state index in [2.05, 4.69) is 6.92 Å². The molecule has 34 heavy (non-hydrogen) atoms. The maximum Gasteiger partial charge on any atom is 0.330 e. The zero-order valence-electron chi connectivity index (χ0n) is 22.3. The van der Waals surface area contributed by atoms with Gasteiger partial charge in [-0.25, -0.2) is 4.79 Å². The van der Waals surface area contributed by atoms with Crippen molar-refractivity contribution in [2.45, 2.75) is 92.9 Å². The van der Waals surface area contributed by atoms with Crippen LogP contribution in [0.1, 0.15) is 98.5 Å². The van der Waals surface area contributed by atoms with Gasteiger partial charge < -0.3 is 14.2 Å². The van der Waals surface area contributed by atoms with Crippen LogP contribution in [0.4, 0.5) is 0 Å². The van der Waals surface area contributed by atoms with Gasteiger partial charge in [-0.1, -0.05) is 78.4 Å². The van der Waals surface area contributed by atoms with E-state index in [-0.39, 0.29) is 19.2 Å². The van der Waals surface area contributed by atoms with Crippen molar-refractivity contribution in [3.8, 4) is 5.75 Å². The van der Waals surface area contributed by atoms with Crippen LogP contribution in [0, 0.1) is 10.8 Å². The van der Waals surface area contributed by atoms with Gasteiger partial charge in [-0.05, 0) is 50.5 Å². The molecule has 1 aromatic rings. The molecule has 0 aliphatic heterocycles. The lowest BCUT2D eigenvalue weighted by Crippen LogP contribution is -2.32. The number of unbranched alkanes of at least 4 members (excludes halogenated alkanes) is 6. The van der Waals surface area contributed by atoms with Crippen LogP contribution in [-0.2, 0) is 19.1 Å². The largest absolute Gasteiger partial charge is 0.494 e. The predicted octanol–water partition coefficient (Wildman–Crippen LogP) is 7.38. The summed E-state index contributed by atoms with van der Waals surface area (Å²) >= 11 is 0. The van der Waals surface area contributed by atoms with E-state index in [1.807, 2.05) is 58.9 Å². The third-order valence-corrected chi connectivity index (χ3v) is 5.94. The van der Waals surface area contributed by atoms with Crippen molar-refractivity contribution in [3.63, 3.8) is 0 Å². The molecule has 0 aliphatic rings. The molecule has 0 N–H and O–H groups in total. The summed E-state index contributed by atoms with van der Waals surface area (Å²) in [6, 6.07) is 7.68. The van der Waals surface area contributed by atoms with Crippen LogP contribution >= 0.6 is 0 Å². The van der Waals surface area contributed by atoms with Gasteiger partial charge in [0.05, 0.1) is 25.2 Å². The van der Waals surface area contributed by atoms with E-state index in [9.17, 15) is 9.59 Å². The molecular weight excluding hydrogens is 428 g/mol. The number of hydrogen-bond donors (Lipinski definition) is 0. The van der Waals surface area contributed by atoms with Crippen molar-refractivity contribution in [2.75, 3.05) is 19.8 Å². The highest BCUT2D eigenvalue weighted by atomic mass is 16.5. The van der Waals surface area contributed by atoms with Gasteiger partial charge in [0.2, 0.25) is 0 Å². The van der Waals surface area contributed by atoms with Crippen molar-refractivity contribution < 1.29 is 23.8 Å². The van der Waals surface area contributed by atoms with E-state index in [4.69, 9.17) is 14.2 Å². The van der Waals surface area contributed by atoms with E-state index >= 15 is 0 Å². The number of ether oxygens (including phenoxy) is 3. The van der Waals surface area contributed by atoms with Gasteiger partial charge in [0.25, 0.3) is 0 Å². The van der Waals surface area contributed by atoms with E-state index < -0.39 is 16.8 Å².